The summed E-state index contributed by atoms with van der Waals surface area (Å²) in [4.78, 5) is 25.9. The Morgan fingerprint density at radius 2 is 1.74 bits per heavy atom. The van der Waals surface area contributed by atoms with Crippen LogP contribution in [0.4, 0.5) is 5.69 Å². The highest BCUT2D eigenvalue weighted by molar-refractivity contribution is 6.30. The van der Waals surface area contributed by atoms with Gasteiger partial charge in [0.25, 0.3) is 5.91 Å². The topological polar surface area (TPSA) is 68.5 Å². The van der Waals surface area contributed by atoms with Gasteiger partial charge in [0, 0.05) is 16.3 Å². The molecule has 0 spiro atoms. The molecule has 0 fully saturated rings. The number of carbonyl (C=O) groups excluding carboxylic acids is 1. The van der Waals surface area contributed by atoms with Crippen molar-refractivity contribution in [3.05, 3.63) is 93.1 Å². The van der Waals surface area contributed by atoms with Gasteiger partial charge >= 0.3 is 0 Å². The van der Waals surface area contributed by atoms with Gasteiger partial charge in [-0.05, 0) is 53.8 Å². The second-order valence-electron chi connectivity index (χ2n) is 9.21. The second kappa shape index (κ2) is 9.35. The number of amides is 1. The molecule has 5 nitrogen and oxygen atoms in total. The smallest absolute Gasteiger partial charge is 0.262 e. The Labute approximate surface area is 203 Å². The average Bonchev–Trinajstić information content (AvgIpc) is 2.80. The third-order valence-corrected chi connectivity index (χ3v) is 5.81. The predicted octanol–water partition coefficient (Wildman–Crippen LogP) is 6.74. The molecule has 0 aliphatic heterocycles. The van der Waals surface area contributed by atoms with Crippen LogP contribution in [-0.4, -0.2) is 12.5 Å². The van der Waals surface area contributed by atoms with Crippen molar-refractivity contribution in [2.24, 2.45) is 0 Å². The maximum Gasteiger partial charge on any atom is 0.262 e. The fourth-order valence-corrected chi connectivity index (χ4v) is 3.89. The quantitative estimate of drug-likeness (QED) is 0.347. The Hall–Kier alpha value is -3.57. The number of benzene rings is 3. The van der Waals surface area contributed by atoms with Gasteiger partial charge in [0.1, 0.15) is 5.58 Å². The molecule has 4 aromatic rings. The standard InChI is InChI=1S/C28H26ClNO4/c1-17-15-20(29)13-14-22(17)30-24(31)16-33-27-25(32)21-7-5-6-8-23(21)34-26(27)18-9-11-19(12-10-18)28(2,3)4/h5-15H,16H2,1-4H3,(H,30,31). The minimum atomic E-state index is -0.396. The summed E-state index contributed by atoms with van der Waals surface area (Å²) in [5, 5.41) is 3.77. The van der Waals surface area contributed by atoms with Gasteiger partial charge in [-0.2, -0.15) is 0 Å². The number of hydrogen-bond acceptors (Lipinski definition) is 4. The van der Waals surface area contributed by atoms with Crippen molar-refractivity contribution in [1.82, 2.24) is 0 Å². The van der Waals surface area contributed by atoms with E-state index in [0.717, 1.165) is 11.1 Å². The Morgan fingerprint density at radius 1 is 1.03 bits per heavy atom. The first-order valence-corrected chi connectivity index (χ1v) is 11.4. The average molecular weight is 476 g/mol. The van der Waals surface area contributed by atoms with Crippen LogP contribution < -0.4 is 15.5 Å². The summed E-state index contributed by atoms with van der Waals surface area (Å²) in [6.07, 6.45) is 0. The van der Waals surface area contributed by atoms with E-state index in [0.29, 0.717) is 33.0 Å². The highest BCUT2D eigenvalue weighted by Crippen LogP contribution is 2.33. The minimum Gasteiger partial charge on any atom is -0.476 e. The molecular formula is C28H26ClNO4. The Balaban J connectivity index is 1.67. The number of hydrogen-bond donors (Lipinski definition) is 1. The lowest BCUT2D eigenvalue weighted by Gasteiger charge is -2.19. The number of fused-ring (bicyclic) bond motifs is 1. The van der Waals surface area contributed by atoms with Crippen LogP contribution in [0.1, 0.15) is 31.9 Å². The van der Waals surface area contributed by atoms with E-state index in [1.165, 1.54) is 0 Å². The first-order valence-electron chi connectivity index (χ1n) is 11.0. The third-order valence-electron chi connectivity index (χ3n) is 5.58. The molecule has 0 aliphatic rings. The van der Waals surface area contributed by atoms with E-state index in [9.17, 15) is 9.59 Å². The molecule has 0 unspecified atom stereocenters. The van der Waals surface area contributed by atoms with Crippen molar-refractivity contribution >= 4 is 34.2 Å². The molecule has 34 heavy (non-hydrogen) atoms. The van der Waals surface area contributed by atoms with Crippen molar-refractivity contribution in [3.63, 3.8) is 0 Å². The molecule has 1 amide bonds. The van der Waals surface area contributed by atoms with Gasteiger partial charge in [-0.15, -0.1) is 0 Å². The normalized spacial score (nSPS) is 11.4. The van der Waals surface area contributed by atoms with E-state index in [4.69, 9.17) is 20.8 Å². The van der Waals surface area contributed by atoms with Gasteiger partial charge in [0.15, 0.2) is 12.4 Å². The van der Waals surface area contributed by atoms with Gasteiger partial charge in [0.2, 0.25) is 11.2 Å². The van der Waals surface area contributed by atoms with Crippen molar-refractivity contribution in [2.75, 3.05) is 11.9 Å². The van der Waals surface area contributed by atoms with Gasteiger partial charge in [-0.25, -0.2) is 0 Å². The van der Waals surface area contributed by atoms with Gasteiger partial charge in [0.05, 0.1) is 5.39 Å². The van der Waals surface area contributed by atoms with Crippen LogP contribution >= 0.6 is 11.6 Å². The van der Waals surface area contributed by atoms with Gasteiger partial charge in [-0.1, -0.05) is 68.8 Å². The van der Waals surface area contributed by atoms with E-state index in [2.05, 4.69) is 26.1 Å². The van der Waals surface area contributed by atoms with Crippen LogP contribution in [0.3, 0.4) is 0 Å². The molecule has 1 aromatic heterocycles. The van der Waals surface area contributed by atoms with E-state index >= 15 is 0 Å². The van der Waals surface area contributed by atoms with Crippen LogP contribution in [-0.2, 0) is 10.2 Å². The van der Waals surface area contributed by atoms with Crippen LogP contribution in [0.5, 0.6) is 5.75 Å². The van der Waals surface area contributed by atoms with E-state index in [1.807, 2.05) is 31.2 Å². The summed E-state index contributed by atoms with van der Waals surface area (Å²) in [7, 11) is 0. The summed E-state index contributed by atoms with van der Waals surface area (Å²) in [5.74, 6) is -0.100. The number of halogens is 1. The molecular weight excluding hydrogens is 450 g/mol. The zero-order valence-electron chi connectivity index (χ0n) is 19.6. The van der Waals surface area contributed by atoms with E-state index in [1.54, 1.807) is 42.5 Å². The lowest BCUT2D eigenvalue weighted by molar-refractivity contribution is -0.118. The predicted molar refractivity (Wildman–Crippen MR) is 137 cm³/mol. The van der Waals surface area contributed by atoms with Crippen molar-refractivity contribution in [2.45, 2.75) is 33.1 Å². The molecule has 6 heteroatoms. The number of anilines is 1. The monoisotopic (exact) mass is 475 g/mol. The fourth-order valence-electron chi connectivity index (χ4n) is 3.66. The lowest BCUT2D eigenvalue weighted by Crippen LogP contribution is -2.23. The zero-order valence-corrected chi connectivity index (χ0v) is 20.3. The summed E-state index contributed by atoms with van der Waals surface area (Å²) >= 11 is 5.99. The molecule has 3 aromatic carbocycles. The van der Waals surface area contributed by atoms with E-state index < -0.39 is 5.91 Å². The highest BCUT2D eigenvalue weighted by Gasteiger charge is 2.20. The second-order valence-corrected chi connectivity index (χ2v) is 9.65. The number of nitrogens with one attached hydrogen (secondary N) is 1. The maximum absolute atomic E-state index is 13.3. The zero-order chi connectivity index (χ0) is 24.5. The Kier molecular flexibility index (Phi) is 6.49. The van der Waals surface area contributed by atoms with Crippen LogP contribution in [0.15, 0.2) is 75.9 Å². The minimum absolute atomic E-state index is 0.00480. The molecule has 1 N–H and O–H groups in total. The largest absolute Gasteiger partial charge is 0.476 e. The number of ether oxygens (including phenoxy) is 1. The van der Waals surface area contributed by atoms with Crippen molar-refractivity contribution < 1.29 is 13.9 Å². The fraction of sp³-hybridized carbons (Fsp3) is 0.214. The SMILES string of the molecule is Cc1cc(Cl)ccc1NC(=O)COc1c(-c2ccc(C(C)(C)C)cc2)oc2ccccc2c1=O. The first kappa shape index (κ1) is 23.6. The molecule has 0 aliphatic carbocycles. The van der Waals surface area contributed by atoms with Gasteiger partial charge < -0.3 is 14.5 Å². The molecule has 0 bridgehead atoms. The molecule has 0 saturated carbocycles. The summed E-state index contributed by atoms with van der Waals surface area (Å²) in [5.41, 5.74) is 3.41. The van der Waals surface area contributed by atoms with Crippen LogP contribution in [0.2, 0.25) is 5.02 Å². The van der Waals surface area contributed by atoms with E-state index in [-0.39, 0.29) is 23.2 Å². The number of carbonyl (C=O) groups is 1. The number of rotatable bonds is 5. The number of aryl methyl sites for hydroxylation is 1. The molecule has 0 saturated heterocycles. The van der Waals surface area contributed by atoms with Crippen LogP contribution in [0, 0.1) is 6.92 Å². The summed E-state index contributed by atoms with van der Waals surface area (Å²) < 4.78 is 11.9. The molecule has 0 atom stereocenters. The Morgan fingerprint density at radius 3 is 2.41 bits per heavy atom. The first-order chi connectivity index (χ1) is 16.1. The van der Waals surface area contributed by atoms with Gasteiger partial charge in [-0.3, -0.25) is 9.59 Å². The molecule has 0 radical (unpaired) electrons. The summed E-state index contributed by atoms with van der Waals surface area (Å²) in [6, 6.07) is 20.0. The van der Waals surface area contributed by atoms with Crippen LogP contribution in [0.25, 0.3) is 22.3 Å². The Bertz CT molecular complexity index is 1420. The highest BCUT2D eigenvalue weighted by atomic mass is 35.5. The molecule has 4 rings (SSSR count). The lowest BCUT2D eigenvalue weighted by atomic mass is 9.86. The maximum atomic E-state index is 13.3. The number of para-hydroxylation sites is 1. The third kappa shape index (κ3) is 5.00. The summed E-state index contributed by atoms with van der Waals surface area (Å²) in [6.45, 7) is 7.90. The molecule has 174 valence electrons. The van der Waals surface area contributed by atoms with Crippen molar-refractivity contribution in [1.29, 1.82) is 0 Å². The molecule has 1 heterocycles. The van der Waals surface area contributed by atoms with Crippen molar-refractivity contribution in [3.8, 4) is 17.1 Å².